The highest BCUT2D eigenvalue weighted by molar-refractivity contribution is 5.68. The van der Waals surface area contributed by atoms with Crippen LogP contribution in [-0.4, -0.2) is 41.7 Å². The molecule has 0 aromatic heterocycles. The fourth-order valence-corrected chi connectivity index (χ4v) is 1.82. The fourth-order valence-electron chi connectivity index (χ4n) is 1.82. The molecule has 0 aromatic carbocycles. The van der Waals surface area contributed by atoms with Crippen molar-refractivity contribution in [3.63, 3.8) is 0 Å². The molecule has 5 nitrogen and oxygen atoms in total. The largest absolute Gasteiger partial charge is 0.444 e. The van der Waals surface area contributed by atoms with Crippen LogP contribution in [0.25, 0.3) is 0 Å². The molecule has 0 unspecified atom stereocenters. The molecule has 1 aliphatic heterocycles. The van der Waals surface area contributed by atoms with Crippen LogP contribution in [0, 0.1) is 0 Å². The van der Waals surface area contributed by atoms with Crippen molar-refractivity contribution in [3.05, 3.63) is 0 Å². The van der Waals surface area contributed by atoms with Gasteiger partial charge in [0.25, 0.3) is 0 Å². The Kier molecular flexibility index (Phi) is 4.77. The first-order chi connectivity index (χ1) is 7.81. The number of rotatable bonds is 3. The van der Waals surface area contributed by atoms with Crippen LogP contribution in [0.5, 0.6) is 0 Å². The Hall–Kier alpha value is -0.810. The lowest BCUT2D eigenvalue weighted by molar-refractivity contribution is -0.00566. The highest BCUT2D eigenvalue weighted by Crippen LogP contribution is 2.22. The molecule has 0 radical (unpaired) electrons. The van der Waals surface area contributed by atoms with Gasteiger partial charge in [0.1, 0.15) is 5.60 Å². The van der Waals surface area contributed by atoms with E-state index in [1.165, 1.54) is 0 Å². The summed E-state index contributed by atoms with van der Waals surface area (Å²) < 4.78 is 10.7. The highest BCUT2D eigenvalue weighted by atomic mass is 16.6. The van der Waals surface area contributed by atoms with Crippen LogP contribution in [0.4, 0.5) is 4.79 Å². The lowest BCUT2D eigenvalue weighted by atomic mass is 10.1. The van der Waals surface area contributed by atoms with E-state index < -0.39 is 11.7 Å². The standard InChI is InChI=1S/C12H23NO4/c1-8(10-6-5-9(7-14)16-10)13-11(15)17-12(2,3)4/h8-10,14H,5-7H2,1-4H3,(H,13,15)/t8-,9-,10+/m0/s1. The van der Waals surface area contributed by atoms with Gasteiger partial charge >= 0.3 is 6.09 Å². The lowest BCUT2D eigenvalue weighted by Crippen LogP contribution is -2.43. The molecule has 100 valence electrons. The number of hydrogen-bond donors (Lipinski definition) is 2. The summed E-state index contributed by atoms with van der Waals surface area (Å²) in [5.74, 6) is 0. The number of amides is 1. The monoisotopic (exact) mass is 245 g/mol. The molecule has 1 amide bonds. The van der Waals surface area contributed by atoms with E-state index in [9.17, 15) is 4.79 Å². The van der Waals surface area contributed by atoms with Crippen molar-refractivity contribution in [2.75, 3.05) is 6.61 Å². The van der Waals surface area contributed by atoms with Crippen LogP contribution in [0.2, 0.25) is 0 Å². The molecule has 0 saturated carbocycles. The van der Waals surface area contributed by atoms with E-state index in [1.807, 2.05) is 27.7 Å². The Labute approximate surface area is 102 Å². The van der Waals surface area contributed by atoms with Crippen molar-refractivity contribution >= 4 is 6.09 Å². The number of ether oxygens (including phenoxy) is 2. The molecule has 0 bridgehead atoms. The maximum absolute atomic E-state index is 11.5. The molecule has 3 atom stereocenters. The Balaban J connectivity index is 2.34. The summed E-state index contributed by atoms with van der Waals surface area (Å²) in [6, 6.07) is -0.110. The zero-order chi connectivity index (χ0) is 13.1. The van der Waals surface area contributed by atoms with Crippen LogP contribution in [0.15, 0.2) is 0 Å². The fraction of sp³-hybridized carbons (Fsp3) is 0.917. The van der Waals surface area contributed by atoms with Crippen LogP contribution < -0.4 is 5.32 Å². The summed E-state index contributed by atoms with van der Waals surface area (Å²) in [4.78, 5) is 11.5. The molecule has 1 saturated heterocycles. The van der Waals surface area contributed by atoms with E-state index >= 15 is 0 Å². The average Bonchev–Trinajstić information content (AvgIpc) is 2.62. The van der Waals surface area contributed by atoms with E-state index in [1.54, 1.807) is 0 Å². The minimum absolute atomic E-state index is 0.0374. The number of aliphatic hydroxyl groups excluding tert-OH is 1. The topological polar surface area (TPSA) is 67.8 Å². The SMILES string of the molecule is C[C@H](NC(=O)OC(C)(C)C)[C@H]1CC[C@@H](CO)O1. The Morgan fingerprint density at radius 2 is 2.18 bits per heavy atom. The highest BCUT2D eigenvalue weighted by Gasteiger charge is 2.30. The summed E-state index contributed by atoms with van der Waals surface area (Å²) >= 11 is 0. The van der Waals surface area contributed by atoms with Crippen LogP contribution >= 0.6 is 0 Å². The van der Waals surface area contributed by atoms with Crippen LogP contribution in [-0.2, 0) is 9.47 Å². The third kappa shape index (κ3) is 4.91. The number of nitrogens with one attached hydrogen (secondary N) is 1. The van der Waals surface area contributed by atoms with Crippen molar-refractivity contribution in [1.29, 1.82) is 0 Å². The van der Waals surface area contributed by atoms with Crippen molar-refractivity contribution in [1.82, 2.24) is 5.32 Å². The molecule has 1 heterocycles. The van der Waals surface area contributed by atoms with E-state index in [4.69, 9.17) is 14.6 Å². The van der Waals surface area contributed by atoms with Crippen LogP contribution in [0.3, 0.4) is 0 Å². The molecule has 1 aliphatic rings. The zero-order valence-electron chi connectivity index (χ0n) is 11.0. The average molecular weight is 245 g/mol. The van der Waals surface area contributed by atoms with Gasteiger partial charge in [-0.3, -0.25) is 0 Å². The maximum atomic E-state index is 11.5. The zero-order valence-corrected chi connectivity index (χ0v) is 11.0. The van der Waals surface area contributed by atoms with E-state index in [0.29, 0.717) is 0 Å². The molecule has 1 fully saturated rings. The number of hydrogen-bond acceptors (Lipinski definition) is 4. The van der Waals surface area contributed by atoms with Gasteiger partial charge in [0.15, 0.2) is 0 Å². The summed E-state index contributed by atoms with van der Waals surface area (Å²) in [5.41, 5.74) is -0.492. The van der Waals surface area contributed by atoms with Crippen molar-refractivity contribution in [2.24, 2.45) is 0 Å². The smallest absolute Gasteiger partial charge is 0.407 e. The molecular formula is C12H23NO4. The Bertz CT molecular complexity index is 262. The summed E-state index contributed by atoms with van der Waals surface area (Å²) in [7, 11) is 0. The molecule has 5 heteroatoms. The molecule has 0 aliphatic carbocycles. The molecule has 0 spiro atoms. The first kappa shape index (κ1) is 14.3. The normalized spacial score (nSPS) is 26.6. The Morgan fingerprint density at radius 1 is 1.53 bits per heavy atom. The second-order valence-electron chi connectivity index (χ2n) is 5.49. The number of aliphatic hydroxyl groups is 1. The predicted molar refractivity (Wildman–Crippen MR) is 63.8 cm³/mol. The maximum Gasteiger partial charge on any atom is 0.407 e. The quantitative estimate of drug-likeness (QED) is 0.789. The molecule has 0 aromatic rings. The molecule has 1 rings (SSSR count). The third-order valence-corrected chi connectivity index (χ3v) is 2.65. The van der Waals surface area contributed by atoms with Gasteiger partial charge in [0, 0.05) is 0 Å². The predicted octanol–water partition coefficient (Wildman–Crippen LogP) is 1.44. The van der Waals surface area contributed by atoms with Gasteiger partial charge < -0.3 is 19.9 Å². The van der Waals surface area contributed by atoms with Gasteiger partial charge in [-0.15, -0.1) is 0 Å². The molecule has 17 heavy (non-hydrogen) atoms. The summed E-state index contributed by atoms with van der Waals surface area (Å²) in [6.45, 7) is 7.39. The van der Waals surface area contributed by atoms with Gasteiger partial charge in [-0.2, -0.15) is 0 Å². The van der Waals surface area contributed by atoms with Gasteiger partial charge in [-0.05, 0) is 40.5 Å². The minimum Gasteiger partial charge on any atom is -0.444 e. The van der Waals surface area contributed by atoms with E-state index in [2.05, 4.69) is 5.32 Å². The number of carbonyl (C=O) groups is 1. The van der Waals surface area contributed by atoms with Gasteiger partial charge in [0.2, 0.25) is 0 Å². The van der Waals surface area contributed by atoms with Crippen molar-refractivity contribution in [2.45, 2.75) is 64.4 Å². The third-order valence-electron chi connectivity index (χ3n) is 2.65. The number of carbonyl (C=O) groups excluding carboxylic acids is 1. The second-order valence-corrected chi connectivity index (χ2v) is 5.49. The van der Waals surface area contributed by atoms with Gasteiger partial charge in [-0.1, -0.05) is 0 Å². The molecular weight excluding hydrogens is 222 g/mol. The Morgan fingerprint density at radius 3 is 2.65 bits per heavy atom. The van der Waals surface area contributed by atoms with Crippen molar-refractivity contribution in [3.8, 4) is 0 Å². The summed E-state index contributed by atoms with van der Waals surface area (Å²) in [6.07, 6.45) is 1.12. The lowest BCUT2D eigenvalue weighted by Gasteiger charge is -2.24. The summed E-state index contributed by atoms with van der Waals surface area (Å²) in [5, 5.41) is 11.7. The second kappa shape index (κ2) is 5.69. The van der Waals surface area contributed by atoms with Crippen LogP contribution in [0.1, 0.15) is 40.5 Å². The van der Waals surface area contributed by atoms with Gasteiger partial charge in [0.05, 0.1) is 24.9 Å². The minimum atomic E-state index is -0.492. The van der Waals surface area contributed by atoms with E-state index in [0.717, 1.165) is 12.8 Å². The van der Waals surface area contributed by atoms with Crippen molar-refractivity contribution < 1.29 is 19.4 Å². The first-order valence-electron chi connectivity index (χ1n) is 6.07. The first-order valence-corrected chi connectivity index (χ1v) is 6.07. The van der Waals surface area contributed by atoms with Gasteiger partial charge in [-0.25, -0.2) is 4.79 Å². The molecule has 2 N–H and O–H groups in total. The van der Waals surface area contributed by atoms with E-state index in [-0.39, 0.29) is 24.9 Å². The number of alkyl carbamates (subject to hydrolysis) is 1.